The fourth-order valence-corrected chi connectivity index (χ4v) is 12.2. The van der Waals surface area contributed by atoms with Crippen molar-refractivity contribution in [1.82, 2.24) is 4.23 Å². The van der Waals surface area contributed by atoms with Crippen molar-refractivity contribution in [2.24, 2.45) is 0 Å². The van der Waals surface area contributed by atoms with Crippen LogP contribution in [0.15, 0.2) is 0 Å². The van der Waals surface area contributed by atoms with E-state index in [2.05, 4.69) is 50.4 Å². The minimum atomic E-state index is -1.50. The first-order valence-corrected chi connectivity index (χ1v) is 13.3. The third kappa shape index (κ3) is 5.30. The summed E-state index contributed by atoms with van der Waals surface area (Å²) in [5, 5.41) is 0. The first kappa shape index (κ1) is 15.9. The van der Waals surface area contributed by atoms with Crippen molar-refractivity contribution >= 4 is 22.4 Å². The molecule has 0 bridgehead atoms. The van der Waals surface area contributed by atoms with Crippen molar-refractivity contribution in [3.63, 3.8) is 0 Å². The quantitative estimate of drug-likeness (QED) is 0.520. The Bertz CT molecular complexity index is 214. The molecule has 0 N–H and O–H groups in total. The lowest BCUT2D eigenvalue weighted by Gasteiger charge is -2.44. The van der Waals surface area contributed by atoms with Crippen molar-refractivity contribution < 1.29 is 4.79 Å². The number of hydrogen-bond acceptors (Lipinski definition) is 1. The Balaban J connectivity index is 4.61. The van der Waals surface area contributed by atoms with E-state index in [9.17, 15) is 4.79 Å². The van der Waals surface area contributed by atoms with Crippen LogP contribution < -0.4 is 0 Å². The van der Waals surface area contributed by atoms with Crippen molar-refractivity contribution in [3.05, 3.63) is 0 Å². The van der Waals surface area contributed by atoms with Gasteiger partial charge >= 0.3 is 0 Å². The second-order valence-electron chi connectivity index (χ2n) is 6.53. The van der Waals surface area contributed by atoms with Crippen molar-refractivity contribution in [2.75, 3.05) is 0 Å². The molecule has 0 rings (SSSR count). The molecule has 96 valence electrons. The van der Waals surface area contributed by atoms with Crippen LogP contribution in [-0.2, 0) is 4.79 Å². The molecule has 0 heterocycles. The number of rotatable bonds is 6. The van der Waals surface area contributed by atoms with Crippen LogP contribution in [0.5, 0.6) is 0 Å². The molecule has 0 aromatic rings. The summed E-state index contributed by atoms with van der Waals surface area (Å²) in [7, 11) is -3.00. The summed E-state index contributed by atoms with van der Waals surface area (Å²) >= 11 is 0. The Kier molecular flexibility index (Phi) is 5.97. The zero-order valence-electron chi connectivity index (χ0n) is 12.2. The van der Waals surface area contributed by atoms with Gasteiger partial charge in [-0.05, 0) is 6.42 Å². The Hall–Kier alpha value is -0.0962. The van der Waals surface area contributed by atoms with Gasteiger partial charge in [0.2, 0.25) is 5.91 Å². The minimum Gasteiger partial charge on any atom is -0.396 e. The Morgan fingerprint density at radius 1 is 0.938 bits per heavy atom. The first-order chi connectivity index (χ1) is 7.10. The van der Waals surface area contributed by atoms with Gasteiger partial charge in [0.05, 0.1) is 0 Å². The summed E-state index contributed by atoms with van der Waals surface area (Å²) in [4.78, 5) is 12.3. The van der Waals surface area contributed by atoms with E-state index in [-0.39, 0.29) is 0 Å². The van der Waals surface area contributed by atoms with Gasteiger partial charge in [0.1, 0.15) is 16.5 Å². The van der Waals surface area contributed by atoms with Crippen LogP contribution in [0.2, 0.25) is 39.3 Å². The van der Waals surface area contributed by atoms with Gasteiger partial charge in [-0.3, -0.25) is 4.79 Å². The molecular weight excluding hydrogens is 230 g/mol. The summed E-state index contributed by atoms with van der Waals surface area (Å²) in [5.74, 6) is 0.409. The van der Waals surface area contributed by atoms with Crippen molar-refractivity contribution in [1.29, 1.82) is 0 Å². The second kappa shape index (κ2) is 6.01. The Morgan fingerprint density at radius 2 is 1.38 bits per heavy atom. The summed E-state index contributed by atoms with van der Waals surface area (Å²) in [6, 6.07) is 0. The smallest absolute Gasteiger partial charge is 0.206 e. The van der Waals surface area contributed by atoms with E-state index in [0.717, 1.165) is 12.8 Å². The number of amides is 1. The van der Waals surface area contributed by atoms with Gasteiger partial charge in [-0.2, -0.15) is 0 Å². The van der Waals surface area contributed by atoms with E-state index in [1.807, 2.05) is 0 Å². The van der Waals surface area contributed by atoms with E-state index in [4.69, 9.17) is 0 Å². The maximum atomic E-state index is 12.3. The average molecular weight is 260 g/mol. The molecule has 0 aliphatic rings. The molecular formula is C12H29NOSi2. The number of carbonyl (C=O) groups excluding carboxylic acids is 1. The molecule has 0 atom stereocenters. The molecule has 1 amide bonds. The number of unbranched alkanes of at least 4 members (excludes halogenated alkanes) is 2. The molecule has 0 spiro atoms. The molecule has 16 heavy (non-hydrogen) atoms. The highest BCUT2D eigenvalue weighted by Gasteiger charge is 2.37. The maximum absolute atomic E-state index is 12.3. The maximum Gasteiger partial charge on any atom is 0.206 e. The molecule has 0 unspecified atom stereocenters. The molecule has 0 aliphatic heterocycles. The van der Waals surface area contributed by atoms with E-state index < -0.39 is 16.5 Å². The summed E-state index contributed by atoms with van der Waals surface area (Å²) < 4.78 is 2.30. The third-order valence-corrected chi connectivity index (χ3v) is 9.79. The van der Waals surface area contributed by atoms with Crippen LogP contribution in [0.3, 0.4) is 0 Å². The van der Waals surface area contributed by atoms with E-state index in [1.165, 1.54) is 12.8 Å². The average Bonchev–Trinajstić information content (AvgIpc) is 1.98. The topological polar surface area (TPSA) is 20.3 Å². The van der Waals surface area contributed by atoms with Crippen molar-refractivity contribution in [3.8, 4) is 0 Å². The van der Waals surface area contributed by atoms with Crippen LogP contribution in [0, 0.1) is 0 Å². The molecule has 0 aromatic carbocycles. The predicted molar refractivity (Wildman–Crippen MR) is 77.7 cm³/mol. The van der Waals surface area contributed by atoms with E-state index in [0.29, 0.717) is 5.91 Å². The zero-order valence-corrected chi connectivity index (χ0v) is 14.2. The van der Waals surface area contributed by atoms with Gasteiger partial charge in [0.15, 0.2) is 0 Å². The SMILES string of the molecule is CCCCCC(=O)N([Si](C)(C)C)[Si](C)(C)C. The van der Waals surface area contributed by atoms with Gasteiger partial charge in [0, 0.05) is 6.42 Å². The van der Waals surface area contributed by atoms with Gasteiger partial charge in [-0.1, -0.05) is 59.0 Å². The predicted octanol–water partition coefficient (Wildman–Crippen LogP) is 4.07. The monoisotopic (exact) mass is 259 g/mol. The largest absolute Gasteiger partial charge is 0.396 e. The summed E-state index contributed by atoms with van der Waals surface area (Å²) in [5.41, 5.74) is 0. The lowest BCUT2D eigenvalue weighted by atomic mass is 10.2. The van der Waals surface area contributed by atoms with E-state index in [1.54, 1.807) is 0 Å². The van der Waals surface area contributed by atoms with Crippen LogP contribution in [0.25, 0.3) is 0 Å². The van der Waals surface area contributed by atoms with Gasteiger partial charge < -0.3 is 4.23 Å². The lowest BCUT2D eigenvalue weighted by Crippen LogP contribution is -2.61. The second-order valence-corrected chi connectivity index (χ2v) is 16.6. The molecule has 0 saturated heterocycles. The first-order valence-electron chi connectivity index (χ1n) is 6.44. The number of nitrogens with zero attached hydrogens (tertiary/aromatic N) is 1. The van der Waals surface area contributed by atoms with Gasteiger partial charge in [-0.15, -0.1) is 0 Å². The van der Waals surface area contributed by atoms with Gasteiger partial charge in [-0.25, -0.2) is 0 Å². The summed E-state index contributed by atoms with van der Waals surface area (Å²) in [6.45, 7) is 15.9. The van der Waals surface area contributed by atoms with E-state index >= 15 is 0 Å². The molecule has 0 aromatic heterocycles. The molecule has 2 nitrogen and oxygen atoms in total. The molecule has 4 heteroatoms. The standard InChI is InChI=1S/C12H29NOSi2/c1-8-9-10-11-12(14)13(15(2,3)4)16(5,6)7/h8-11H2,1-7H3. The zero-order chi connectivity index (χ0) is 13.0. The van der Waals surface area contributed by atoms with Crippen LogP contribution in [-0.4, -0.2) is 26.6 Å². The highest BCUT2D eigenvalue weighted by atomic mass is 28.4. The minimum absolute atomic E-state index is 0.409. The lowest BCUT2D eigenvalue weighted by molar-refractivity contribution is -0.124. The molecule has 0 radical (unpaired) electrons. The number of hydrogen-bond donors (Lipinski definition) is 0. The third-order valence-electron chi connectivity index (χ3n) is 2.59. The fraction of sp³-hybridized carbons (Fsp3) is 0.917. The number of carbonyl (C=O) groups is 1. The normalized spacial score (nSPS) is 12.7. The van der Waals surface area contributed by atoms with Gasteiger partial charge in [0.25, 0.3) is 0 Å². The molecule has 0 saturated carbocycles. The summed E-state index contributed by atoms with van der Waals surface area (Å²) in [6.07, 6.45) is 4.17. The Labute approximate surface area is 104 Å². The van der Waals surface area contributed by atoms with Crippen LogP contribution in [0.4, 0.5) is 0 Å². The highest BCUT2D eigenvalue weighted by molar-refractivity contribution is 6.92. The molecule has 0 aliphatic carbocycles. The highest BCUT2D eigenvalue weighted by Crippen LogP contribution is 2.21. The Morgan fingerprint density at radius 3 is 1.69 bits per heavy atom. The van der Waals surface area contributed by atoms with Crippen molar-refractivity contribution in [2.45, 2.75) is 71.9 Å². The van der Waals surface area contributed by atoms with Crippen LogP contribution >= 0.6 is 0 Å². The van der Waals surface area contributed by atoms with Crippen LogP contribution in [0.1, 0.15) is 32.6 Å². The fourth-order valence-electron chi connectivity index (χ4n) is 2.39. The molecule has 0 fully saturated rings.